The first-order valence-corrected chi connectivity index (χ1v) is 8.85. The maximum absolute atomic E-state index is 13.0. The Balaban J connectivity index is 2.23. The molecule has 2 unspecified atom stereocenters. The SMILES string of the molecule is CC(C)(C)C(NC(=O)N1CCCC(C(=O)O)C1)c1cccc(C(F)(F)F)c1. The summed E-state index contributed by atoms with van der Waals surface area (Å²) in [6, 6.07) is 3.81. The zero-order valence-corrected chi connectivity index (χ0v) is 15.6. The number of carbonyl (C=O) groups excluding carboxylic acids is 1. The van der Waals surface area contributed by atoms with Gasteiger partial charge in [0.2, 0.25) is 0 Å². The van der Waals surface area contributed by atoms with Gasteiger partial charge in [-0.05, 0) is 36.0 Å². The van der Waals surface area contributed by atoms with Crippen LogP contribution in [0.25, 0.3) is 0 Å². The number of nitrogens with one attached hydrogen (secondary N) is 1. The molecule has 2 N–H and O–H groups in total. The highest BCUT2D eigenvalue weighted by Gasteiger charge is 2.35. The number of aliphatic carboxylic acids is 1. The van der Waals surface area contributed by atoms with E-state index in [0.717, 1.165) is 12.1 Å². The highest BCUT2D eigenvalue weighted by Crippen LogP contribution is 2.36. The van der Waals surface area contributed by atoms with Crippen molar-refractivity contribution in [2.75, 3.05) is 13.1 Å². The first kappa shape index (κ1) is 21.1. The van der Waals surface area contributed by atoms with Gasteiger partial charge < -0.3 is 15.3 Å². The summed E-state index contributed by atoms with van der Waals surface area (Å²) in [7, 11) is 0. The molecule has 2 amide bonds. The van der Waals surface area contributed by atoms with Crippen LogP contribution in [0, 0.1) is 11.3 Å². The van der Waals surface area contributed by atoms with Crippen LogP contribution >= 0.6 is 0 Å². The molecule has 2 rings (SSSR count). The number of likely N-dealkylation sites (tertiary alicyclic amines) is 1. The van der Waals surface area contributed by atoms with E-state index in [9.17, 15) is 22.8 Å². The van der Waals surface area contributed by atoms with E-state index < -0.39 is 41.1 Å². The summed E-state index contributed by atoms with van der Waals surface area (Å²) in [5, 5.41) is 12.0. The fourth-order valence-electron chi connectivity index (χ4n) is 3.27. The van der Waals surface area contributed by atoms with Crippen LogP contribution in [0.1, 0.15) is 50.8 Å². The van der Waals surface area contributed by atoms with Crippen LogP contribution in [-0.4, -0.2) is 35.1 Å². The molecule has 5 nitrogen and oxygen atoms in total. The van der Waals surface area contributed by atoms with Crippen molar-refractivity contribution < 1.29 is 27.9 Å². The molecule has 1 fully saturated rings. The molecular formula is C19H25F3N2O3. The van der Waals surface area contributed by atoms with E-state index in [0.29, 0.717) is 24.9 Å². The van der Waals surface area contributed by atoms with Crippen LogP contribution in [-0.2, 0) is 11.0 Å². The lowest BCUT2D eigenvalue weighted by Gasteiger charge is -2.36. The van der Waals surface area contributed by atoms with E-state index in [2.05, 4.69) is 5.32 Å². The lowest BCUT2D eigenvalue weighted by atomic mass is 9.82. The largest absolute Gasteiger partial charge is 0.481 e. The second-order valence-corrected chi connectivity index (χ2v) is 8.00. The molecule has 27 heavy (non-hydrogen) atoms. The number of nitrogens with zero attached hydrogens (tertiary/aromatic N) is 1. The highest BCUT2D eigenvalue weighted by molar-refractivity contribution is 5.77. The van der Waals surface area contributed by atoms with E-state index in [-0.39, 0.29) is 6.54 Å². The molecule has 2 atom stereocenters. The van der Waals surface area contributed by atoms with E-state index >= 15 is 0 Å². The molecule has 1 saturated heterocycles. The number of carbonyl (C=O) groups is 2. The third-order valence-electron chi connectivity index (χ3n) is 4.74. The standard InChI is InChI=1S/C19H25F3N2O3/c1-18(2,3)15(12-6-4-8-14(10-12)19(20,21)22)23-17(27)24-9-5-7-13(11-24)16(25)26/h4,6,8,10,13,15H,5,7,9,11H2,1-3H3,(H,23,27)(H,25,26). The van der Waals surface area contributed by atoms with Gasteiger partial charge in [-0.2, -0.15) is 13.2 Å². The summed E-state index contributed by atoms with van der Waals surface area (Å²) < 4.78 is 39.1. The Labute approximate surface area is 156 Å². The summed E-state index contributed by atoms with van der Waals surface area (Å²) in [4.78, 5) is 25.3. The average Bonchev–Trinajstić information content (AvgIpc) is 2.58. The summed E-state index contributed by atoms with van der Waals surface area (Å²) in [6.07, 6.45) is -3.38. The summed E-state index contributed by atoms with van der Waals surface area (Å²) in [5.74, 6) is -1.57. The van der Waals surface area contributed by atoms with E-state index in [4.69, 9.17) is 5.11 Å². The van der Waals surface area contributed by atoms with Gasteiger partial charge in [-0.1, -0.05) is 32.9 Å². The molecule has 1 aliphatic rings. The van der Waals surface area contributed by atoms with Crippen LogP contribution in [0.3, 0.4) is 0 Å². The monoisotopic (exact) mass is 386 g/mol. The van der Waals surface area contributed by atoms with Crippen molar-refractivity contribution in [3.63, 3.8) is 0 Å². The normalized spacial score (nSPS) is 19.5. The molecule has 150 valence electrons. The van der Waals surface area contributed by atoms with Gasteiger partial charge >= 0.3 is 18.2 Å². The van der Waals surface area contributed by atoms with Crippen LogP contribution in [0.2, 0.25) is 0 Å². The predicted molar refractivity (Wildman–Crippen MR) is 94.1 cm³/mol. The second kappa shape index (κ2) is 7.78. The number of alkyl halides is 3. The van der Waals surface area contributed by atoms with Gasteiger partial charge in [0.05, 0.1) is 17.5 Å². The Morgan fingerprint density at radius 1 is 1.26 bits per heavy atom. The molecule has 0 spiro atoms. The predicted octanol–water partition coefficient (Wildman–Crippen LogP) is 4.30. The minimum absolute atomic E-state index is 0.0978. The molecule has 0 aliphatic carbocycles. The number of hydrogen-bond acceptors (Lipinski definition) is 2. The number of hydrogen-bond donors (Lipinski definition) is 2. The number of piperidine rings is 1. The van der Waals surface area contributed by atoms with Crippen molar-refractivity contribution in [1.82, 2.24) is 10.2 Å². The molecule has 0 radical (unpaired) electrons. The molecule has 0 aromatic heterocycles. The zero-order chi connectivity index (χ0) is 20.4. The first-order valence-electron chi connectivity index (χ1n) is 8.85. The highest BCUT2D eigenvalue weighted by atomic mass is 19.4. The summed E-state index contributed by atoms with van der Waals surface area (Å²) >= 11 is 0. The average molecular weight is 386 g/mol. The van der Waals surface area contributed by atoms with Gasteiger partial charge in [0.25, 0.3) is 0 Å². The number of carboxylic acids is 1. The summed E-state index contributed by atoms with van der Waals surface area (Å²) in [5.41, 5.74) is -0.952. The molecule has 8 heteroatoms. The van der Waals surface area contributed by atoms with E-state index in [1.165, 1.54) is 11.0 Å². The van der Waals surface area contributed by atoms with E-state index in [1.807, 2.05) is 20.8 Å². The molecule has 1 aromatic rings. The van der Waals surface area contributed by atoms with Gasteiger partial charge in [-0.3, -0.25) is 4.79 Å². The van der Waals surface area contributed by atoms with Crippen LogP contribution < -0.4 is 5.32 Å². The van der Waals surface area contributed by atoms with Crippen molar-refractivity contribution >= 4 is 12.0 Å². The van der Waals surface area contributed by atoms with Crippen molar-refractivity contribution in [1.29, 1.82) is 0 Å². The zero-order valence-electron chi connectivity index (χ0n) is 15.6. The van der Waals surface area contributed by atoms with Crippen molar-refractivity contribution in [3.05, 3.63) is 35.4 Å². The molecule has 1 aliphatic heterocycles. The molecule has 0 bridgehead atoms. The minimum Gasteiger partial charge on any atom is -0.481 e. The lowest BCUT2D eigenvalue weighted by molar-refractivity contribution is -0.143. The molecule has 1 heterocycles. The third-order valence-corrected chi connectivity index (χ3v) is 4.74. The Kier molecular flexibility index (Phi) is 6.07. The van der Waals surface area contributed by atoms with Gasteiger partial charge in [0.1, 0.15) is 0 Å². The second-order valence-electron chi connectivity index (χ2n) is 8.00. The molecule has 1 aromatic carbocycles. The number of amides is 2. The first-order chi connectivity index (χ1) is 12.4. The fraction of sp³-hybridized carbons (Fsp3) is 0.579. The van der Waals surface area contributed by atoms with Gasteiger partial charge in [0, 0.05) is 13.1 Å². The summed E-state index contributed by atoms with van der Waals surface area (Å²) in [6.45, 7) is 6.01. The number of urea groups is 1. The Hall–Kier alpha value is -2.25. The van der Waals surface area contributed by atoms with Crippen LogP contribution in [0.15, 0.2) is 24.3 Å². The maximum Gasteiger partial charge on any atom is 0.416 e. The lowest BCUT2D eigenvalue weighted by Crippen LogP contribution is -2.49. The van der Waals surface area contributed by atoms with Crippen molar-refractivity contribution in [2.45, 2.75) is 45.8 Å². The minimum atomic E-state index is -4.47. The number of carboxylic acid groups (broad SMARTS) is 1. The molecule has 0 saturated carbocycles. The van der Waals surface area contributed by atoms with Gasteiger partial charge in [0.15, 0.2) is 0 Å². The van der Waals surface area contributed by atoms with Gasteiger partial charge in [-0.25, -0.2) is 4.79 Å². The quantitative estimate of drug-likeness (QED) is 0.814. The van der Waals surface area contributed by atoms with Crippen molar-refractivity contribution in [3.8, 4) is 0 Å². The maximum atomic E-state index is 13.0. The Morgan fingerprint density at radius 2 is 1.93 bits per heavy atom. The number of rotatable bonds is 3. The Bertz CT molecular complexity index is 698. The molecular weight excluding hydrogens is 361 g/mol. The topological polar surface area (TPSA) is 69.6 Å². The smallest absolute Gasteiger partial charge is 0.416 e. The number of benzene rings is 1. The van der Waals surface area contributed by atoms with E-state index in [1.54, 1.807) is 6.07 Å². The van der Waals surface area contributed by atoms with Crippen LogP contribution in [0.4, 0.5) is 18.0 Å². The Morgan fingerprint density at radius 3 is 2.48 bits per heavy atom. The van der Waals surface area contributed by atoms with Crippen LogP contribution in [0.5, 0.6) is 0 Å². The van der Waals surface area contributed by atoms with Crippen molar-refractivity contribution in [2.24, 2.45) is 11.3 Å². The third kappa shape index (κ3) is 5.37. The number of halogens is 3. The fourth-order valence-corrected chi connectivity index (χ4v) is 3.27. The van der Waals surface area contributed by atoms with Gasteiger partial charge in [-0.15, -0.1) is 0 Å².